The van der Waals surface area contributed by atoms with E-state index in [2.05, 4.69) is 5.32 Å². The topological polar surface area (TPSA) is 49.3 Å². The Kier molecular flexibility index (Phi) is 6.28. The van der Waals surface area contributed by atoms with E-state index in [0.717, 1.165) is 0 Å². The average molecular weight is 338 g/mol. The lowest BCUT2D eigenvalue weighted by Crippen LogP contribution is -2.25. The van der Waals surface area contributed by atoms with Crippen LogP contribution in [0.4, 0.5) is 4.39 Å². The summed E-state index contributed by atoms with van der Waals surface area (Å²) in [6.45, 7) is 2.21. The molecule has 0 aliphatic carbocycles. The highest BCUT2D eigenvalue weighted by Crippen LogP contribution is 2.29. The van der Waals surface area contributed by atoms with Gasteiger partial charge in [0.05, 0.1) is 17.2 Å². The summed E-state index contributed by atoms with van der Waals surface area (Å²) in [5, 5.41) is 12.1. The molecule has 0 radical (unpaired) electrons. The zero-order valence-electron chi connectivity index (χ0n) is 12.9. The number of hydrogen-bond acceptors (Lipinski definition) is 3. The van der Waals surface area contributed by atoms with Crippen LogP contribution in [0.5, 0.6) is 0 Å². The van der Waals surface area contributed by atoms with Crippen molar-refractivity contribution in [2.24, 2.45) is 0 Å². The number of ketones is 1. The molecular formula is C18H21ClFNO2. The normalized spacial score (nSPS) is 12.2. The molecule has 1 atom stereocenters. The number of halogens is 2. The molecule has 0 saturated carbocycles. The predicted octanol–water partition coefficient (Wildman–Crippen LogP) is 3.99. The second-order valence-corrected chi connectivity index (χ2v) is 5.57. The first kappa shape index (κ1) is 17.6. The van der Waals surface area contributed by atoms with Gasteiger partial charge in [0, 0.05) is 25.1 Å². The van der Waals surface area contributed by atoms with Crippen LogP contribution < -0.4 is 5.32 Å². The average Bonchev–Trinajstić information content (AvgIpc) is 2.57. The highest BCUT2D eigenvalue weighted by Gasteiger charge is 2.23. The summed E-state index contributed by atoms with van der Waals surface area (Å²) in [5.41, 5.74) is 0.658. The summed E-state index contributed by atoms with van der Waals surface area (Å²) in [6.07, 6.45) is 0.623. The first-order valence-corrected chi connectivity index (χ1v) is 7.89. The lowest BCUT2D eigenvalue weighted by atomic mass is 9.96. The zero-order valence-corrected chi connectivity index (χ0v) is 13.6. The van der Waals surface area contributed by atoms with Gasteiger partial charge in [0.25, 0.3) is 0 Å². The maximum absolute atomic E-state index is 14.9. The molecule has 0 spiro atoms. The number of carbonyl (C=O) groups excluding carboxylic acids is 1. The summed E-state index contributed by atoms with van der Waals surface area (Å²) in [6, 6.07) is 11.3. The third kappa shape index (κ3) is 3.96. The number of benzene rings is 2. The van der Waals surface area contributed by atoms with Crippen LogP contribution in [-0.2, 0) is 0 Å². The molecule has 23 heavy (non-hydrogen) atoms. The van der Waals surface area contributed by atoms with Gasteiger partial charge in [0.1, 0.15) is 5.82 Å². The van der Waals surface area contributed by atoms with Gasteiger partial charge in [0.2, 0.25) is 0 Å². The predicted molar refractivity (Wildman–Crippen MR) is 91.5 cm³/mol. The first-order chi connectivity index (χ1) is 11.1. The number of carbonyl (C=O) groups is 1. The number of nitrogens with one attached hydrogen (secondary N) is 1. The Morgan fingerprint density at radius 3 is 2.61 bits per heavy atom. The summed E-state index contributed by atoms with van der Waals surface area (Å²) < 4.78 is 14.9. The molecule has 0 saturated heterocycles. The van der Waals surface area contributed by atoms with Gasteiger partial charge < -0.3 is 10.4 Å². The molecule has 3 nitrogen and oxygen atoms in total. The van der Waals surface area contributed by atoms with Crippen LogP contribution in [-0.4, -0.2) is 24.0 Å². The molecule has 5 heteroatoms. The Bertz CT molecular complexity index is 682. The smallest absolute Gasteiger partial charge is 0.197 e. The van der Waals surface area contributed by atoms with Crippen molar-refractivity contribution < 1.29 is 15.7 Å². The molecule has 0 aliphatic rings. The molecule has 0 amide bonds. The van der Waals surface area contributed by atoms with Crippen molar-refractivity contribution in [3.63, 3.8) is 0 Å². The summed E-state index contributed by atoms with van der Waals surface area (Å²) in [5.74, 6) is -1.05. The lowest BCUT2D eigenvalue weighted by molar-refractivity contribution is 0.103. The van der Waals surface area contributed by atoms with Gasteiger partial charge in [-0.3, -0.25) is 4.79 Å². The summed E-state index contributed by atoms with van der Waals surface area (Å²) in [7, 11) is 0. The summed E-state index contributed by atoms with van der Waals surface area (Å²) >= 11 is 6.08. The van der Waals surface area contributed by atoms with Crippen molar-refractivity contribution in [3.05, 3.63) is 70.0 Å². The quantitative estimate of drug-likeness (QED) is 0.751. The molecule has 0 aliphatic heterocycles. The summed E-state index contributed by atoms with van der Waals surface area (Å²) in [4.78, 5) is 12.6. The number of rotatable bonds is 7. The molecule has 2 N–H and O–H groups in total. The standard InChI is InChI=1S/C18H19ClFNO2.H2/c1-2-15(21-10-11-22)13-8-9-14(19)16(17(13)20)18(23)12-6-4-3-5-7-12;/h3-9,15,21-22H,2,10-11H2,1H3;1H/t15-;/m0./s1. The minimum atomic E-state index is -0.608. The van der Waals surface area contributed by atoms with E-state index >= 15 is 0 Å². The molecule has 124 valence electrons. The van der Waals surface area contributed by atoms with Crippen molar-refractivity contribution >= 4 is 17.4 Å². The Hall–Kier alpha value is -1.75. The minimum Gasteiger partial charge on any atom is -0.395 e. The van der Waals surface area contributed by atoms with Gasteiger partial charge in [-0.1, -0.05) is 54.9 Å². The van der Waals surface area contributed by atoms with Crippen molar-refractivity contribution in [1.29, 1.82) is 0 Å². The van der Waals surface area contributed by atoms with E-state index < -0.39 is 11.6 Å². The van der Waals surface area contributed by atoms with Crippen LogP contribution in [0.1, 0.15) is 42.3 Å². The fourth-order valence-electron chi connectivity index (χ4n) is 2.49. The molecule has 2 aromatic rings. The highest BCUT2D eigenvalue weighted by atomic mass is 35.5. The maximum atomic E-state index is 14.9. The van der Waals surface area contributed by atoms with Gasteiger partial charge in [-0.05, 0) is 12.5 Å². The molecule has 0 aromatic heterocycles. The fraction of sp³-hybridized carbons (Fsp3) is 0.278. The van der Waals surface area contributed by atoms with Crippen molar-refractivity contribution in [2.75, 3.05) is 13.2 Å². The van der Waals surface area contributed by atoms with Crippen LogP contribution in [0.2, 0.25) is 5.02 Å². The maximum Gasteiger partial charge on any atom is 0.197 e. The van der Waals surface area contributed by atoms with E-state index in [4.69, 9.17) is 16.7 Å². The van der Waals surface area contributed by atoms with Gasteiger partial charge >= 0.3 is 0 Å². The van der Waals surface area contributed by atoms with E-state index in [9.17, 15) is 9.18 Å². The number of aliphatic hydroxyl groups is 1. The van der Waals surface area contributed by atoms with Crippen LogP contribution >= 0.6 is 11.6 Å². The van der Waals surface area contributed by atoms with Crippen LogP contribution in [0.15, 0.2) is 42.5 Å². The minimum absolute atomic E-state index is 0. The molecular weight excluding hydrogens is 317 g/mol. The van der Waals surface area contributed by atoms with E-state index in [0.29, 0.717) is 24.1 Å². The third-order valence-corrected chi connectivity index (χ3v) is 3.99. The number of hydrogen-bond donors (Lipinski definition) is 2. The Morgan fingerprint density at radius 2 is 2.00 bits per heavy atom. The largest absolute Gasteiger partial charge is 0.395 e. The van der Waals surface area contributed by atoms with Crippen molar-refractivity contribution in [2.45, 2.75) is 19.4 Å². The van der Waals surface area contributed by atoms with Crippen LogP contribution in [0.25, 0.3) is 0 Å². The second-order valence-electron chi connectivity index (χ2n) is 5.16. The molecule has 0 heterocycles. The van der Waals surface area contributed by atoms with E-state index in [1.54, 1.807) is 42.5 Å². The molecule has 0 bridgehead atoms. The molecule has 2 aromatic carbocycles. The fourth-order valence-corrected chi connectivity index (χ4v) is 2.72. The van der Waals surface area contributed by atoms with E-state index in [-0.39, 0.29) is 24.7 Å². The monoisotopic (exact) mass is 337 g/mol. The Morgan fingerprint density at radius 1 is 1.30 bits per heavy atom. The SMILES string of the molecule is CC[C@H](NCCO)c1ccc(Cl)c(C(=O)c2ccccc2)c1F.[HH]. The van der Waals surface area contributed by atoms with E-state index in [1.165, 1.54) is 0 Å². The van der Waals surface area contributed by atoms with Gasteiger partial charge in [-0.25, -0.2) is 4.39 Å². The lowest BCUT2D eigenvalue weighted by Gasteiger charge is -2.19. The van der Waals surface area contributed by atoms with Gasteiger partial charge in [-0.15, -0.1) is 0 Å². The molecule has 0 unspecified atom stereocenters. The van der Waals surface area contributed by atoms with E-state index in [1.807, 2.05) is 6.92 Å². The van der Waals surface area contributed by atoms with Crippen LogP contribution in [0, 0.1) is 5.82 Å². The Labute approximate surface area is 141 Å². The molecule has 0 fully saturated rings. The van der Waals surface area contributed by atoms with Crippen molar-refractivity contribution in [1.82, 2.24) is 5.32 Å². The van der Waals surface area contributed by atoms with Gasteiger partial charge in [-0.2, -0.15) is 0 Å². The van der Waals surface area contributed by atoms with Crippen molar-refractivity contribution in [3.8, 4) is 0 Å². The number of aliphatic hydroxyl groups excluding tert-OH is 1. The third-order valence-electron chi connectivity index (χ3n) is 3.67. The Balaban J connectivity index is 0.00000288. The van der Waals surface area contributed by atoms with Gasteiger partial charge in [0.15, 0.2) is 5.78 Å². The first-order valence-electron chi connectivity index (χ1n) is 7.52. The highest BCUT2D eigenvalue weighted by molar-refractivity contribution is 6.35. The molecule has 2 rings (SSSR count). The van der Waals surface area contributed by atoms with Crippen LogP contribution in [0.3, 0.4) is 0 Å². The second kappa shape index (κ2) is 8.20. The zero-order chi connectivity index (χ0) is 16.8.